The third-order valence-electron chi connectivity index (χ3n) is 15.4. The molecular formula is C69H130O17P2. The maximum absolute atomic E-state index is 13.0. The van der Waals surface area contributed by atoms with E-state index < -0.39 is 97.5 Å². The second kappa shape index (κ2) is 62.0. The molecule has 0 saturated carbocycles. The van der Waals surface area contributed by atoms with Gasteiger partial charge in [0, 0.05) is 25.7 Å². The van der Waals surface area contributed by atoms with E-state index in [-0.39, 0.29) is 25.7 Å². The van der Waals surface area contributed by atoms with Crippen LogP contribution in [0.4, 0.5) is 0 Å². The van der Waals surface area contributed by atoms with E-state index in [0.717, 1.165) is 109 Å². The highest BCUT2D eigenvalue weighted by Gasteiger charge is 2.30. The summed E-state index contributed by atoms with van der Waals surface area (Å²) < 4.78 is 68.1. The first-order chi connectivity index (χ1) is 42.5. The fraction of sp³-hybridized carbons (Fsp3) is 0.884. The van der Waals surface area contributed by atoms with Gasteiger partial charge in [0.15, 0.2) is 12.2 Å². The Morgan fingerprint density at radius 3 is 0.932 bits per heavy atom. The standard InChI is InChI=1S/C69H130O17P2/c1-6-9-12-15-18-21-24-27-28-29-32-35-38-45-50-55-69(74)85-64(58-79-66(71)52-47-42-36-33-30-25-22-19-16-13-10-7-2)60-83-87(75,76)81-56-63(70)57-82-88(77,78)84-61-65(59-80-67(72)53-48-43-40-39-41-46-51-62(4)5)86-68(73)54-49-44-37-34-31-26-23-20-17-14-11-8-3/h21,24,27-28,62-65,70H,6-20,22-23,25-26,29-61H2,1-5H3,(H,75,76)(H,77,78)/b24-21-,28-27-/t63-,64-,65-/m1/s1. The van der Waals surface area contributed by atoms with E-state index in [9.17, 15) is 43.2 Å². The third kappa shape index (κ3) is 62.4. The van der Waals surface area contributed by atoms with Crippen LogP contribution in [0.25, 0.3) is 0 Å². The number of phosphoric acid groups is 2. The molecule has 0 aliphatic heterocycles. The molecule has 0 aliphatic carbocycles. The van der Waals surface area contributed by atoms with E-state index >= 15 is 0 Å². The molecule has 3 N–H and O–H groups in total. The summed E-state index contributed by atoms with van der Waals surface area (Å²) in [6, 6.07) is 0. The van der Waals surface area contributed by atoms with Gasteiger partial charge in [-0.15, -0.1) is 0 Å². The number of hydrogen-bond acceptors (Lipinski definition) is 15. The van der Waals surface area contributed by atoms with Crippen molar-refractivity contribution in [2.24, 2.45) is 5.92 Å². The first-order valence-corrected chi connectivity index (χ1v) is 38.4. The summed E-state index contributed by atoms with van der Waals surface area (Å²) in [6.45, 7) is 7.09. The summed E-state index contributed by atoms with van der Waals surface area (Å²) in [4.78, 5) is 72.4. The van der Waals surface area contributed by atoms with E-state index in [4.69, 9.17) is 37.0 Å². The van der Waals surface area contributed by atoms with Crippen molar-refractivity contribution in [2.75, 3.05) is 39.6 Å². The van der Waals surface area contributed by atoms with Crippen molar-refractivity contribution in [1.82, 2.24) is 0 Å². The zero-order chi connectivity index (χ0) is 64.9. The SMILES string of the molecule is CCCCCC/C=C\C=C/CCCCCCCC(=O)O[C@H](COC(=O)CCCCCCCCCCCCCC)COP(=O)(O)OC[C@@H](O)COP(=O)(O)OC[C@@H](COC(=O)CCCCCCCCC(C)C)OC(=O)CCCCCCCCCCCCCC. The molecule has 518 valence electrons. The van der Waals surface area contributed by atoms with Crippen LogP contribution in [-0.4, -0.2) is 96.7 Å². The maximum atomic E-state index is 13.0. The molecular weight excluding hydrogens is 1160 g/mol. The van der Waals surface area contributed by atoms with Crippen molar-refractivity contribution < 1.29 is 80.2 Å². The molecule has 19 heteroatoms. The quantitative estimate of drug-likeness (QED) is 0.0169. The van der Waals surface area contributed by atoms with Crippen molar-refractivity contribution in [1.29, 1.82) is 0 Å². The van der Waals surface area contributed by atoms with Crippen molar-refractivity contribution >= 4 is 39.5 Å². The monoisotopic (exact) mass is 1290 g/mol. The van der Waals surface area contributed by atoms with Crippen molar-refractivity contribution in [3.05, 3.63) is 24.3 Å². The van der Waals surface area contributed by atoms with Gasteiger partial charge in [0.05, 0.1) is 26.4 Å². The Balaban J connectivity index is 5.28. The van der Waals surface area contributed by atoms with Crippen LogP contribution in [0.15, 0.2) is 24.3 Å². The number of aliphatic hydroxyl groups excluding tert-OH is 1. The maximum Gasteiger partial charge on any atom is 0.472 e. The molecule has 0 aliphatic rings. The molecule has 0 heterocycles. The van der Waals surface area contributed by atoms with Crippen LogP contribution in [0.1, 0.15) is 330 Å². The molecule has 5 atom stereocenters. The largest absolute Gasteiger partial charge is 0.472 e. The van der Waals surface area contributed by atoms with Gasteiger partial charge < -0.3 is 33.8 Å². The molecule has 0 aromatic rings. The predicted molar refractivity (Wildman–Crippen MR) is 354 cm³/mol. The number of ether oxygens (including phenoxy) is 4. The molecule has 0 amide bonds. The molecule has 0 radical (unpaired) electrons. The third-order valence-corrected chi connectivity index (χ3v) is 17.3. The highest BCUT2D eigenvalue weighted by Crippen LogP contribution is 2.45. The van der Waals surface area contributed by atoms with Gasteiger partial charge in [0.1, 0.15) is 19.3 Å². The van der Waals surface area contributed by atoms with Crippen LogP contribution in [0.3, 0.4) is 0 Å². The van der Waals surface area contributed by atoms with Crippen LogP contribution < -0.4 is 0 Å². The lowest BCUT2D eigenvalue weighted by molar-refractivity contribution is -0.161. The summed E-state index contributed by atoms with van der Waals surface area (Å²) >= 11 is 0. The molecule has 0 spiro atoms. The Morgan fingerprint density at radius 1 is 0.352 bits per heavy atom. The normalized spacial score (nSPS) is 14.3. The van der Waals surface area contributed by atoms with Crippen molar-refractivity contribution in [3.63, 3.8) is 0 Å². The number of esters is 4. The second-order valence-electron chi connectivity index (χ2n) is 24.7. The molecule has 0 saturated heterocycles. The van der Waals surface area contributed by atoms with Crippen LogP contribution >= 0.6 is 15.6 Å². The summed E-state index contributed by atoms with van der Waals surface area (Å²) in [7, 11) is -9.91. The number of allylic oxidation sites excluding steroid dienone is 4. The minimum atomic E-state index is -4.96. The first kappa shape index (κ1) is 85.5. The van der Waals surface area contributed by atoms with Crippen LogP contribution in [0.2, 0.25) is 0 Å². The lowest BCUT2D eigenvalue weighted by Crippen LogP contribution is -2.30. The molecule has 0 rings (SSSR count). The Labute approximate surface area is 535 Å². The number of hydrogen-bond donors (Lipinski definition) is 3. The molecule has 0 bridgehead atoms. The van der Waals surface area contributed by atoms with Crippen LogP contribution in [0, 0.1) is 5.92 Å². The van der Waals surface area contributed by atoms with E-state index in [1.54, 1.807) is 0 Å². The second-order valence-corrected chi connectivity index (χ2v) is 27.6. The van der Waals surface area contributed by atoms with Crippen LogP contribution in [0.5, 0.6) is 0 Å². The van der Waals surface area contributed by atoms with Crippen LogP contribution in [-0.2, 0) is 65.4 Å². The molecule has 0 fully saturated rings. The molecule has 0 aromatic heterocycles. The zero-order valence-corrected chi connectivity index (χ0v) is 58.1. The molecule has 0 aromatic carbocycles. The Morgan fingerprint density at radius 2 is 0.614 bits per heavy atom. The summed E-state index contributed by atoms with van der Waals surface area (Å²) in [5, 5.41) is 10.6. The lowest BCUT2D eigenvalue weighted by Gasteiger charge is -2.21. The van der Waals surface area contributed by atoms with Crippen molar-refractivity contribution in [2.45, 2.75) is 348 Å². The highest BCUT2D eigenvalue weighted by molar-refractivity contribution is 7.47. The topological polar surface area (TPSA) is 237 Å². The highest BCUT2D eigenvalue weighted by atomic mass is 31.2. The fourth-order valence-electron chi connectivity index (χ4n) is 9.93. The number of phosphoric ester groups is 2. The van der Waals surface area contributed by atoms with Gasteiger partial charge in [-0.25, -0.2) is 9.13 Å². The predicted octanol–water partition coefficient (Wildman–Crippen LogP) is 19.3. The zero-order valence-electron chi connectivity index (χ0n) is 56.3. The number of carbonyl (C=O) groups excluding carboxylic acids is 4. The van der Waals surface area contributed by atoms with Gasteiger partial charge >= 0.3 is 39.5 Å². The van der Waals surface area contributed by atoms with Gasteiger partial charge in [0.25, 0.3) is 0 Å². The van der Waals surface area contributed by atoms with E-state index in [0.29, 0.717) is 31.6 Å². The van der Waals surface area contributed by atoms with Gasteiger partial charge in [0.2, 0.25) is 0 Å². The molecule has 17 nitrogen and oxygen atoms in total. The number of rotatable bonds is 67. The van der Waals surface area contributed by atoms with E-state index in [1.807, 2.05) is 0 Å². The first-order valence-electron chi connectivity index (χ1n) is 35.5. The average molecular weight is 1290 g/mol. The van der Waals surface area contributed by atoms with Crippen molar-refractivity contribution in [3.8, 4) is 0 Å². The van der Waals surface area contributed by atoms with Gasteiger partial charge in [-0.3, -0.25) is 37.3 Å². The number of aliphatic hydroxyl groups is 1. The Hall–Kier alpha value is -2.46. The minimum Gasteiger partial charge on any atom is -0.462 e. The molecule has 88 heavy (non-hydrogen) atoms. The van der Waals surface area contributed by atoms with E-state index in [1.165, 1.54) is 135 Å². The number of unbranched alkanes of at least 4 members (excludes halogenated alkanes) is 36. The molecule has 2 unspecified atom stereocenters. The average Bonchev–Trinajstić information content (AvgIpc) is 3.61. The summed E-state index contributed by atoms with van der Waals surface area (Å²) in [5.74, 6) is -1.48. The van der Waals surface area contributed by atoms with Gasteiger partial charge in [-0.2, -0.15) is 0 Å². The summed E-state index contributed by atoms with van der Waals surface area (Å²) in [5.41, 5.74) is 0. The summed E-state index contributed by atoms with van der Waals surface area (Å²) in [6.07, 6.45) is 50.8. The fourth-order valence-corrected chi connectivity index (χ4v) is 11.5. The smallest absolute Gasteiger partial charge is 0.462 e. The van der Waals surface area contributed by atoms with E-state index in [2.05, 4.69) is 58.9 Å². The number of carbonyl (C=O) groups is 4. The minimum absolute atomic E-state index is 0.0853. The van der Waals surface area contributed by atoms with Gasteiger partial charge in [-0.05, 0) is 57.3 Å². The lowest BCUT2D eigenvalue weighted by atomic mass is 10.0. The Kier molecular flexibility index (Phi) is 60.3. The van der Waals surface area contributed by atoms with Gasteiger partial charge in [-0.1, -0.05) is 277 Å². The Bertz CT molecular complexity index is 1800.